The van der Waals surface area contributed by atoms with Gasteiger partial charge in [0.25, 0.3) is 0 Å². The molecule has 0 radical (unpaired) electrons. The highest BCUT2D eigenvalue weighted by atomic mass is 32.2. The summed E-state index contributed by atoms with van der Waals surface area (Å²) < 4.78 is 89.5. The highest BCUT2D eigenvalue weighted by molar-refractivity contribution is 7.99. The van der Waals surface area contributed by atoms with Crippen LogP contribution in [0.25, 0.3) is 0 Å². The molecule has 9 unspecified atom stereocenters. The molecule has 0 spiro atoms. The second kappa shape index (κ2) is 26.3. The molecule has 0 aromatic carbocycles. The Morgan fingerprint density at radius 2 is 0.855 bits per heavy atom. The zero-order valence-corrected chi connectivity index (χ0v) is 40.8. The molecule has 8 aliphatic rings. The summed E-state index contributed by atoms with van der Waals surface area (Å²) in [5.41, 5.74) is -0.598. The monoisotopic (exact) mass is 1010 g/mol. The minimum Gasteiger partial charge on any atom is -0.391 e. The Hall–Kier alpha value is -0.530. The Bertz CT molecular complexity index is 1510. The molecule has 8 heterocycles. The SMILES string of the molecule is CCCC[C@@H]1CC(O[C@H]2OCC(O[C@H]3OC[C@@H](O[C@H]4SC[C@@H](O[C@H]5OCC(OC6OC[C@@H](O[C@H]7OC[C@@H](O)CC7O)C[C@H]6OC)C[C@H]5O)CC4O)C[C@H]3O)CC2O)COC1O[C@@H]1CO[C@H](C)C(O)C1. The first-order valence-electron chi connectivity index (χ1n) is 25.1. The lowest BCUT2D eigenvalue weighted by molar-refractivity contribution is -0.318. The predicted octanol–water partition coefficient (Wildman–Crippen LogP) is -0.219. The number of methoxy groups -OCH3 is 1. The predicted molar refractivity (Wildman–Crippen MR) is 237 cm³/mol. The third kappa shape index (κ3) is 15.3. The van der Waals surface area contributed by atoms with Crippen LogP contribution in [-0.2, 0) is 71.1 Å². The van der Waals surface area contributed by atoms with E-state index < -0.39 is 123 Å². The van der Waals surface area contributed by atoms with Crippen LogP contribution < -0.4 is 0 Å². The number of hydrogen-bond acceptors (Lipinski definition) is 23. The van der Waals surface area contributed by atoms with Crippen LogP contribution in [-0.4, -0.2) is 236 Å². The van der Waals surface area contributed by atoms with Crippen molar-refractivity contribution < 1.29 is 107 Å². The molecule has 8 saturated heterocycles. The van der Waals surface area contributed by atoms with Gasteiger partial charge in [-0.25, -0.2) is 0 Å². The molecular formula is C46H78O22S. The molecule has 400 valence electrons. The van der Waals surface area contributed by atoms with Crippen LogP contribution >= 0.6 is 11.8 Å². The summed E-state index contributed by atoms with van der Waals surface area (Å²) in [6.45, 7) is 5.28. The van der Waals surface area contributed by atoms with Crippen LogP contribution in [0.4, 0.5) is 0 Å². The van der Waals surface area contributed by atoms with E-state index in [1.165, 1.54) is 18.9 Å². The van der Waals surface area contributed by atoms with Gasteiger partial charge >= 0.3 is 0 Å². The standard InChI is InChI=1S/C46H78O22S/c1-4-5-6-24-7-26(17-57-40(24)62-27-9-33(48)23(2)55-16-27)63-42-35(50)10-28(18-58-42)64-43-37(52)12-30(20-60-43)68-46-38(53)13-32(22-69-46)67-44-36(51)11-29(19-59-44)66-45-39(54-3)14-31(21-61-45)65-41-34(49)8-25(47)15-56-41/h23-53H,4-22H2,1-3H3/t23-,24-,25+,26?,27+,28?,29?,30+,31+,32+,33?,34?,35?,36-,37-,38?,39-,40?,41-,42-,43-,44-,45?,46+/m1/s1. The van der Waals surface area contributed by atoms with Gasteiger partial charge in [-0.15, -0.1) is 11.8 Å². The van der Waals surface area contributed by atoms with E-state index in [1.54, 1.807) is 0 Å². The third-order valence-corrected chi connectivity index (χ3v) is 15.4. The van der Waals surface area contributed by atoms with Crippen molar-refractivity contribution in [1.82, 2.24) is 0 Å². The maximum atomic E-state index is 11.1. The van der Waals surface area contributed by atoms with Crippen LogP contribution in [0.1, 0.15) is 84.5 Å². The van der Waals surface area contributed by atoms with E-state index in [1.807, 2.05) is 6.92 Å². The first-order chi connectivity index (χ1) is 33.3. The lowest BCUT2D eigenvalue weighted by Crippen LogP contribution is -2.52. The van der Waals surface area contributed by atoms with Gasteiger partial charge in [0.1, 0.15) is 36.0 Å². The second-order valence-corrected chi connectivity index (χ2v) is 21.0. The number of aliphatic hydroxyl groups excluding tert-OH is 7. The quantitative estimate of drug-likeness (QED) is 0.0935. The van der Waals surface area contributed by atoms with Gasteiger partial charge in [-0.3, -0.25) is 0 Å². The first-order valence-corrected chi connectivity index (χ1v) is 26.2. The highest BCUT2D eigenvalue weighted by Gasteiger charge is 2.45. The summed E-state index contributed by atoms with van der Waals surface area (Å²) in [7, 11) is 1.54. The molecule has 69 heavy (non-hydrogen) atoms. The van der Waals surface area contributed by atoms with Gasteiger partial charge in [-0.2, -0.15) is 0 Å². The van der Waals surface area contributed by atoms with E-state index in [9.17, 15) is 35.7 Å². The molecule has 24 atom stereocenters. The van der Waals surface area contributed by atoms with Crippen LogP contribution in [0.15, 0.2) is 0 Å². The van der Waals surface area contributed by atoms with Gasteiger partial charge in [-0.05, 0) is 19.8 Å². The number of thioether (sulfide) groups is 1. The van der Waals surface area contributed by atoms with E-state index in [2.05, 4.69) is 6.92 Å². The lowest BCUT2D eigenvalue weighted by atomic mass is 9.92. The molecule has 0 aromatic rings. The molecule has 22 nitrogen and oxygen atoms in total. The van der Waals surface area contributed by atoms with E-state index in [-0.39, 0.29) is 96.0 Å². The van der Waals surface area contributed by atoms with Gasteiger partial charge in [-0.1, -0.05) is 19.8 Å². The number of rotatable bonds is 18. The van der Waals surface area contributed by atoms with Crippen molar-refractivity contribution in [3.8, 4) is 0 Å². The van der Waals surface area contributed by atoms with Crippen LogP contribution in [0.2, 0.25) is 0 Å². The largest absolute Gasteiger partial charge is 0.391 e. The molecule has 0 aromatic heterocycles. The fourth-order valence-electron chi connectivity index (χ4n) is 10.2. The maximum Gasteiger partial charge on any atom is 0.184 e. The van der Waals surface area contributed by atoms with Crippen molar-refractivity contribution in [2.24, 2.45) is 5.92 Å². The van der Waals surface area contributed by atoms with E-state index in [0.717, 1.165) is 19.3 Å². The van der Waals surface area contributed by atoms with Crippen molar-refractivity contribution in [3.63, 3.8) is 0 Å². The Kier molecular flexibility index (Phi) is 20.9. The lowest BCUT2D eigenvalue weighted by Gasteiger charge is -2.42. The maximum absolute atomic E-state index is 11.1. The summed E-state index contributed by atoms with van der Waals surface area (Å²) in [5.74, 6) is 0.535. The summed E-state index contributed by atoms with van der Waals surface area (Å²) in [6, 6.07) is 0. The first kappa shape index (κ1) is 54.7. The number of hydrogen-bond donors (Lipinski definition) is 7. The van der Waals surface area contributed by atoms with Crippen LogP contribution in [0.5, 0.6) is 0 Å². The summed E-state index contributed by atoms with van der Waals surface area (Å²) >= 11 is 1.37. The normalized spacial score (nSPS) is 48.3. The fourth-order valence-corrected chi connectivity index (χ4v) is 11.4. The minimum absolute atomic E-state index is 0.0698. The van der Waals surface area contributed by atoms with E-state index >= 15 is 0 Å². The number of unbranched alkanes of at least 4 members (excludes halogenated alkanes) is 1. The van der Waals surface area contributed by atoms with Gasteiger partial charge in [0.15, 0.2) is 37.7 Å². The van der Waals surface area contributed by atoms with E-state index in [0.29, 0.717) is 31.6 Å². The van der Waals surface area contributed by atoms with Crippen LogP contribution in [0.3, 0.4) is 0 Å². The van der Waals surface area contributed by atoms with Crippen LogP contribution in [0, 0.1) is 5.92 Å². The number of ether oxygens (including phenoxy) is 15. The molecule has 23 heteroatoms. The molecule has 0 saturated carbocycles. The van der Waals surface area contributed by atoms with Gasteiger partial charge in [0.2, 0.25) is 0 Å². The molecule has 8 aliphatic heterocycles. The molecule has 0 bridgehead atoms. The van der Waals surface area contributed by atoms with Crippen molar-refractivity contribution >= 4 is 11.8 Å². The minimum atomic E-state index is -1.03. The van der Waals surface area contributed by atoms with Gasteiger partial charge in [0, 0.05) is 63.7 Å². The summed E-state index contributed by atoms with van der Waals surface area (Å²) in [4.78, 5) is 0. The van der Waals surface area contributed by atoms with E-state index in [4.69, 9.17) is 71.1 Å². The van der Waals surface area contributed by atoms with Crippen molar-refractivity contribution in [1.29, 1.82) is 0 Å². The van der Waals surface area contributed by atoms with Crippen molar-refractivity contribution in [2.75, 3.05) is 59.1 Å². The Morgan fingerprint density at radius 1 is 0.435 bits per heavy atom. The zero-order chi connectivity index (χ0) is 48.6. The number of aliphatic hydroxyl groups is 7. The summed E-state index contributed by atoms with van der Waals surface area (Å²) in [6.07, 6.45) is -9.19. The third-order valence-electron chi connectivity index (χ3n) is 14.1. The van der Waals surface area contributed by atoms with Crippen molar-refractivity contribution in [2.45, 2.75) is 225 Å². The highest BCUT2D eigenvalue weighted by Crippen LogP contribution is 2.36. The molecule has 8 fully saturated rings. The molecule has 0 aliphatic carbocycles. The molecular weight excluding hydrogens is 937 g/mol. The smallest absolute Gasteiger partial charge is 0.184 e. The second-order valence-electron chi connectivity index (χ2n) is 19.9. The average Bonchev–Trinajstić information content (AvgIpc) is 3.32. The topological polar surface area (TPSA) is 280 Å². The van der Waals surface area contributed by atoms with Crippen molar-refractivity contribution in [3.05, 3.63) is 0 Å². The molecule has 0 amide bonds. The fraction of sp³-hybridized carbons (Fsp3) is 1.00. The zero-order valence-electron chi connectivity index (χ0n) is 40.0. The Balaban J connectivity index is 0.694. The van der Waals surface area contributed by atoms with Gasteiger partial charge < -0.3 is 107 Å². The molecule has 7 N–H and O–H groups in total. The summed E-state index contributed by atoms with van der Waals surface area (Å²) in [5, 5.41) is 74.4. The Morgan fingerprint density at radius 3 is 1.38 bits per heavy atom. The Labute approximate surface area is 408 Å². The average molecular weight is 1020 g/mol. The molecule has 8 rings (SSSR count). The van der Waals surface area contributed by atoms with Gasteiger partial charge in [0.05, 0.1) is 113 Å².